The summed E-state index contributed by atoms with van der Waals surface area (Å²) in [7, 11) is 0. The summed E-state index contributed by atoms with van der Waals surface area (Å²) in [5.74, 6) is -0.879. The molecule has 1 atom stereocenters. The number of alkyl halides is 3. The highest BCUT2D eigenvalue weighted by molar-refractivity contribution is 7.99. The highest BCUT2D eigenvalue weighted by Gasteiger charge is 2.37. The van der Waals surface area contributed by atoms with E-state index in [1.165, 1.54) is 30.8 Å². The zero-order chi connectivity index (χ0) is 20.2. The highest BCUT2D eigenvalue weighted by Crippen LogP contribution is 2.35. The highest BCUT2D eigenvalue weighted by atomic mass is 32.2. The number of thioether (sulfide) groups is 1. The number of rotatable bonds is 5. The van der Waals surface area contributed by atoms with Crippen LogP contribution in [0.5, 0.6) is 0 Å². The Morgan fingerprint density at radius 3 is 2.48 bits per heavy atom. The minimum Gasteiger partial charge on any atom is -0.328 e. The van der Waals surface area contributed by atoms with Gasteiger partial charge in [0, 0.05) is 21.9 Å². The van der Waals surface area contributed by atoms with E-state index in [0.29, 0.717) is 4.90 Å². The van der Waals surface area contributed by atoms with E-state index in [9.17, 15) is 22.4 Å². The number of benzene rings is 1. The number of halogens is 4. The van der Waals surface area contributed by atoms with E-state index in [-0.39, 0.29) is 35.7 Å². The standard InChI is InChI=1S/C18H17F4N3OS/c1-17(24,10-27-14-6-3-12(19)4-7-14)16(26)25-13-5-2-11(9-23)15(8-13)18(20,21)22/h3-4,6-8H,2,5,10,24H2,1H3,(H,25,26). The van der Waals surface area contributed by atoms with E-state index >= 15 is 0 Å². The Balaban J connectivity index is 2.06. The molecule has 9 heteroatoms. The molecule has 1 amide bonds. The van der Waals surface area contributed by atoms with Crippen molar-refractivity contribution in [3.63, 3.8) is 0 Å². The molecule has 0 spiro atoms. The minimum absolute atomic E-state index is 0.0646. The van der Waals surface area contributed by atoms with E-state index in [1.807, 2.05) is 0 Å². The number of nitriles is 1. The van der Waals surface area contributed by atoms with Crippen molar-refractivity contribution in [2.45, 2.75) is 36.4 Å². The predicted molar refractivity (Wildman–Crippen MR) is 93.9 cm³/mol. The molecule has 0 heterocycles. The Morgan fingerprint density at radius 2 is 1.93 bits per heavy atom. The fourth-order valence-electron chi connectivity index (χ4n) is 2.31. The van der Waals surface area contributed by atoms with Crippen molar-refractivity contribution in [2.75, 3.05) is 5.75 Å². The van der Waals surface area contributed by atoms with Gasteiger partial charge in [-0.2, -0.15) is 18.4 Å². The lowest BCUT2D eigenvalue weighted by Gasteiger charge is -2.25. The first-order chi connectivity index (χ1) is 12.5. The topological polar surface area (TPSA) is 78.9 Å². The first-order valence-electron chi connectivity index (χ1n) is 7.92. The first-order valence-corrected chi connectivity index (χ1v) is 8.91. The molecule has 0 radical (unpaired) electrons. The predicted octanol–water partition coefficient (Wildman–Crippen LogP) is 3.81. The maximum atomic E-state index is 13.0. The molecule has 1 aromatic carbocycles. The summed E-state index contributed by atoms with van der Waals surface area (Å²) in [6.07, 6.45) is -3.90. The number of hydrogen-bond donors (Lipinski definition) is 2. The second kappa shape index (κ2) is 8.15. The molecule has 1 aliphatic carbocycles. The van der Waals surface area contributed by atoms with Gasteiger partial charge in [0.2, 0.25) is 5.91 Å². The molecular weight excluding hydrogens is 382 g/mol. The van der Waals surface area contributed by atoms with Crippen LogP contribution in [0.15, 0.2) is 52.1 Å². The SMILES string of the molecule is CC(N)(CSc1ccc(F)cc1)C(=O)NC1=CC(C(F)(F)F)=C(C#N)CC1. The number of nitrogens with two attached hydrogens (primary N) is 1. The Morgan fingerprint density at radius 1 is 1.30 bits per heavy atom. The summed E-state index contributed by atoms with van der Waals surface area (Å²) in [5.41, 5.74) is 3.30. The average Bonchev–Trinajstić information content (AvgIpc) is 2.60. The van der Waals surface area contributed by atoms with Crippen molar-refractivity contribution in [2.24, 2.45) is 5.73 Å². The molecule has 0 bridgehead atoms. The Kier molecular flexibility index (Phi) is 6.34. The Hall–Kier alpha value is -2.31. The third kappa shape index (κ3) is 5.58. The van der Waals surface area contributed by atoms with Crippen LogP contribution < -0.4 is 11.1 Å². The van der Waals surface area contributed by atoms with Gasteiger partial charge in [0.25, 0.3) is 0 Å². The molecule has 0 saturated heterocycles. The lowest BCUT2D eigenvalue weighted by Crippen LogP contribution is -2.53. The van der Waals surface area contributed by atoms with Crippen LogP contribution in [-0.4, -0.2) is 23.4 Å². The molecule has 1 aliphatic rings. The van der Waals surface area contributed by atoms with Crippen LogP contribution in [0.1, 0.15) is 19.8 Å². The molecule has 2 rings (SSSR count). The molecule has 27 heavy (non-hydrogen) atoms. The largest absolute Gasteiger partial charge is 0.417 e. The number of nitrogens with zero attached hydrogens (tertiary/aromatic N) is 1. The van der Waals surface area contributed by atoms with Crippen LogP contribution in [0.4, 0.5) is 17.6 Å². The molecule has 3 N–H and O–H groups in total. The zero-order valence-corrected chi connectivity index (χ0v) is 15.2. The summed E-state index contributed by atoms with van der Waals surface area (Å²) < 4.78 is 52.0. The van der Waals surface area contributed by atoms with Crippen LogP contribution in [0.2, 0.25) is 0 Å². The van der Waals surface area contributed by atoms with Crippen molar-refractivity contribution >= 4 is 17.7 Å². The maximum Gasteiger partial charge on any atom is 0.417 e. The van der Waals surface area contributed by atoms with Gasteiger partial charge in [0.1, 0.15) is 11.4 Å². The molecule has 0 saturated carbocycles. The van der Waals surface area contributed by atoms with Crippen LogP contribution in [0, 0.1) is 17.1 Å². The summed E-state index contributed by atoms with van der Waals surface area (Å²) in [5, 5.41) is 11.3. The third-order valence-corrected chi connectivity index (χ3v) is 5.22. The summed E-state index contributed by atoms with van der Waals surface area (Å²) in [4.78, 5) is 13.1. The van der Waals surface area contributed by atoms with Crippen molar-refractivity contribution < 1.29 is 22.4 Å². The second-order valence-corrected chi connectivity index (χ2v) is 7.33. The lowest BCUT2D eigenvalue weighted by molar-refractivity contribution is -0.124. The van der Waals surface area contributed by atoms with Crippen molar-refractivity contribution in [1.82, 2.24) is 5.32 Å². The van der Waals surface area contributed by atoms with Gasteiger partial charge >= 0.3 is 6.18 Å². The van der Waals surface area contributed by atoms with Crippen LogP contribution >= 0.6 is 11.8 Å². The fourth-order valence-corrected chi connectivity index (χ4v) is 3.24. The number of amides is 1. The molecular formula is C18H17F4N3OS. The fraction of sp³-hybridized carbons (Fsp3) is 0.333. The van der Waals surface area contributed by atoms with Crippen LogP contribution in [0.3, 0.4) is 0 Å². The summed E-state index contributed by atoms with van der Waals surface area (Å²) >= 11 is 1.23. The zero-order valence-electron chi connectivity index (χ0n) is 14.4. The van der Waals surface area contributed by atoms with Gasteiger partial charge in [-0.05, 0) is 50.1 Å². The summed E-state index contributed by atoms with van der Waals surface area (Å²) in [6.45, 7) is 1.46. The van der Waals surface area contributed by atoms with Gasteiger partial charge in [0.05, 0.1) is 11.6 Å². The molecule has 1 aromatic rings. The monoisotopic (exact) mass is 399 g/mol. The van der Waals surface area contributed by atoms with Gasteiger partial charge < -0.3 is 11.1 Å². The molecule has 0 aromatic heterocycles. The molecule has 0 fully saturated rings. The van der Waals surface area contributed by atoms with E-state index in [2.05, 4.69) is 5.32 Å². The number of carbonyl (C=O) groups excluding carboxylic acids is 1. The van der Waals surface area contributed by atoms with E-state index in [1.54, 1.807) is 18.2 Å². The van der Waals surface area contributed by atoms with Crippen molar-refractivity contribution in [1.29, 1.82) is 5.26 Å². The number of allylic oxidation sites excluding steroid dienone is 4. The number of carbonyl (C=O) groups is 1. The second-order valence-electron chi connectivity index (χ2n) is 6.29. The first kappa shape index (κ1) is 21.0. The Labute approximate surface area is 158 Å². The van der Waals surface area contributed by atoms with Gasteiger partial charge in [-0.25, -0.2) is 4.39 Å². The van der Waals surface area contributed by atoms with Crippen molar-refractivity contribution in [3.8, 4) is 6.07 Å². The average molecular weight is 399 g/mol. The van der Waals surface area contributed by atoms with Gasteiger partial charge in [-0.3, -0.25) is 4.79 Å². The lowest BCUT2D eigenvalue weighted by atomic mass is 9.95. The minimum atomic E-state index is -4.67. The smallest absolute Gasteiger partial charge is 0.328 e. The van der Waals surface area contributed by atoms with Gasteiger partial charge in [-0.15, -0.1) is 11.8 Å². The molecule has 0 aliphatic heterocycles. The molecule has 144 valence electrons. The third-order valence-electron chi connectivity index (χ3n) is 3.87. The van der Waals surface area contributed by atoms with E-state index in [4.69, 9.17) is 11.0 Å². The normalized spacial score (nSPS) is 17.0. The van der Waals surface area contributed by atoms with Crippen molar-refractivity contribution in [3.05, 3.63) is 53.0 Å². The van der Waals surface area contributed by atoms with Gasteiger partial charge in [-0.1, -0.05) is 0 Å². The van der Waals surface area contributed by atoms with E-state index in [0.717, 1.165) is 6.08 Å². The van der Waals surface area contributed by atoms with Crippen LogP contribution in [-0.2, 0) is 4.79 Å². The number of nitrogens with one attached hydrogen (secondary N) is 1. The molecule has 1 unspecified atom stereocenters. The summed E-state index contributed by atoms with van der Waals surface area (Å²) in [6, 6.07) is 7.20. The van der Waals surface area contributed by atoms with E-state index < -0.39 is 23.2 Å². The Bertz CT molecular complexity index is 820. The maximum absolute atomic E-state index is 13.0. The molecule has 4 nitrogen and oxygen atoms in total. The van der Waals surface area contributed by atoms with Gasteiger partial charge in [0.15, 0.2) is 0 Å². The van der Waals surface area contributed by atoms with Crippen LogP contribution in [0.25, 0.3) is 0 Å². The quantitative estimate of drug-likeness (QED) is 0.583. The number of hydrogen-bond acceptors (Lipinski definition) is 4.